The van der Waals surface area contributed by atoms with Gasteiger partial charge in [0, 0.05) is 42.1 Å². The maximum Gasteiger partial charge on any atom is 0.339 e. The van der Waals surface area contributed by atoms with Gasteiger partial charge in [0.05, 0.1) is 18.4 Å². The van der Waals surface area contributed by atoms with Gasteiger partial charge in [0.15, 0.2) is 0 Å². The number of fused-ring (bicyclic) bond motifs is 1. The van der Waals surface area contributed by atoms with Crippen LogP contribution in [0.25, 0.3) is 11.0 Å². The number of thioether (sulfide) groups is 1. The van der Waals surface area contributed by atoms with Crippen LogP contribution >= 0.6 is 11.8 Å². The van der Waals surface area contributed by atoms with Gasteiger partial charge in [0.1, 0.15) is 17.9 Å². The smallest absolute Gasteiger partial charge is 0.339 e. The first-order chi connectivity index (χ1) is 14.4. The largest absolute Gasteiger partial charge is 0.497 e. The highest BCUT2D eigenvalue weighted by Gasteiger charge is 2.16. The summed E-state index contributed by atoms with van der Waals surface area (Å²) >= 11 is 1.27. The summed E-state index contributed by atoms with van der Waals surface area (Å²) in [4.78, 5) is 38.6. The Morgan fingerprint density at radius 3 is 2.60 bits per heavy atom. The fourth-order valence-corrected chi connectivity index (χ4v) is 3.73. The van der Waals surface area contributed by atoms with Gasteiger partial charge in [-0.1, -0.05) is 12.1 Å². The number of nitrogens with zero attached hydrogens (tertiary/aromatic N) is 1. The van der Waals surface area contributed by atoms with Crippen LogP contribution in [-0.4, -0.2) is 43.7 Å². The number of esters is 1. The lowest BCUT2D eigenvalue weighted by Crippen LogP contribution is -2.23. The molecule has 0 saturated heterocycles. The Morgan fingerprint density at radius 1 is 1.10 bits per heavy atom. The summed E-state index contributed by atoms with van der Waals surface area (Å²) in [6, 6.07) is 13.3. The molecule has 1 aromatic heterocycles. The van der Waals surface area contributed by atoms with E-state index in [1.165, 1.54) is 29.8 Å². The second-order valence-electron chi connectivity index (χ2n) is 6.60. The Kier molecular flexibility index (Phi) is 6.79. The van der Waals surface area contributed by atoms with Crippen LogP contribution < -0.4 is 10.4 Å². The Bertz CT molecular complexity index is 1140. The first kappa shape index (κ1) is 21.4. The first-order valence-electron chi connectivity index (χ1n) is 9.09. The molecule has 0 unspecified atom stereocenters. The molecule has 0 spiro atoms. The SMILES string of the molecule is COc1ccc2c(COC(=O)c3ccccc3SCC(=O)N(C)C)cc(=O)oc2c1. The van der Waals surface area contributed by atoms with E-state index in [1.807, 2.05) is 0 Å². The number of rotatable bonds is 7. The molecule has 3 aromatic rings. The highest BCUT2D eigenvalue weighted by molar-refractivity contribution is 8.00. The van der Waals surface area contributed by atoms with E-state index < -0.39 is 11.6 Å². The highest BCUT2D eigenvalue weighted by atomic mass is 32.2. The lowest BCUT2D eigenvalue weighted by molar-refractivity contribution is -0.125. The van der Waals surface area contributed by atoms with Crippen molar-refractivity contribution in [1.29, 1.82) is 0 Å². The zero-order valence-corrected chi connectivity index (χ0v) is 17.7. The van der Waals surface area contributed by atoms with Gasteiger partial charge >= 0.3 is 11.6 Å². The molecule has 30 heavy (non-hydrogen) atoms. The van der Waals surface area contributed by atoms with Gasteiger partial charge in [-0.25, -0.2) is 9.59 Å². The molecule has 2 aromatic carbocycles. The Labute approximate surface area is 177 Å². The van der Waals surface area contributed by atoms with Crippen molar-refractivity contribution in [2.24, 2.45) is 0 Å². The number of benzene rings is 2. The van der Waals surface area contributed by atoms with Crippen LogP contribution in [0.3, 0.4) is 0 Å². The molecule has 8 heteroatoms. The average Bonchev–Trinajstić information content (AvgIpc) is 2.74. The lowest BCUT2D eigenvalue weighted by atomic mass is 10.1. The van der Waals surface area contributed by atoms with Crippen molar-refractivity contribution in [2.75, 3.05) is 27.0 Å². The molecule has 0 aliphatic carbocycles. The van der Waals surface area contributed by atoms with Crippen molar-refractivity contribution in [2.45, 2.75) is 11.5 Å². The summed E-state index contributed by atoms with van der Waals surface area (Å²) in [7, 11) is 4.88. The van der Waals surface area contributed by atoms with E-state index in [9.17, 15) is 14.4 Å². The van der Waals surface area contributed by atoms with Gasteiger partial charge in [0.2, 0.25) is 5.91 Å². The zero-order valence-electron chi connectivity index (χ0n) is 16.8. The Morgan fingerprint density at radius 2 is 1.87 bits per heavy atom. The predicted octanol–water partition coefficient (Wildman–Crippen LogP) is 3.34. The zero-order chi connectivity index (χ0) is 21.7. The molecular weight excluding hydrogens is 406 g/mol. The fourth-order valence-electron chi connectivity index (χ4n) is 2.71. The molecule has 1 amide bonds. The molecule has 1 heterocycles. The number of carbonyl (C=O) groups is 2. The minimum atomic E-state index is -0.542. The molecule has 156 valence electrons. The maximum absolute atomic E-state index is 12.7. The summed E-state index contributed by atoms with van der Waals surface area (Å²) in [6.45, 7) is -0.0944. The molecule has 0 radical (unpaired) electrons. The third-order valence-electron chi connectivity index (χ3n) is 4.35. The second kappa shape index (κ2) is 9.49. The van der Waals surface area contributed by atoms with Crippen LogP contribution in [0.1, 0.15) is 15.9 Å². The lowest BCUT2D eigenvalue weighted by Gasteiger charge is -2.12. The topological polar surface area (TPSA) is 86.0 Å². The van der Waals surface area contributed by atoms with Crippen LogP contribution in [-0.2, 0) is 16.1 Å². The normalized spacial score (nSPS) is 10.6. The molecular formula is C22H21NO6S. The predicted molar refractivity (Wildman–Crippen MR) is 114 cm³/mol. The summed E-state index contributed by atoms with van der Waals surface area (Å²) < 4.78 is 15.8. The number of hydrogen-bond donors (Lipinski definition) is 0. The second-order valence-corrected chi connectivity index (χ2v) is 7.62. The molecule has 0 aliphatic rings. The monoisotopic (exact) mass is 427 g/mol. The van der Waals surface area contributed by atoms with Gasteiger partial charge in [-0.05, 0) is 24.3 Å². The van der Waals surface area contributed by atoms with E-state index in [4.69, 9.17) is 13.9 Å². The minimum absolute atomic E-state index is 0.0546. The molecule has 0 atom stereocenters. The fraction of sp³-hybridized carbons (Fsp3) is 0.227. The summed E-state index contributed by atoms with van der Waals surface area (Å²) in [6.07, 6.45) is 0. The standard InChI is InChI=1S/C22H21NO6S/c1-23(2)20(24)13-30-19-7-5-4-6-17(19)22(26)28-12-14-10-21(25)29-18-11-15(27-3)8-9-16(14)18/h4-11H,12-13H2,1-3H3. The molecule has 0 fully saturated rings. The van der Waals surface area contributed by atoms with E-state index in [1.54, 1.807) is 56.6 Å². The highest BCUT2D eigenvalue weighted by Crippen LogP contribution is 2.26. The van der Waals surface area contributed by atoms with E-state index in [2.05, 4.69) is 0 Å². The van der Waals surface area contributed by atoms with Crippen LogP contribution in [0.15, 0.2) is 62.6 Å². The van der Waals surface area contributed by atoms with Crippen molar-refractivity contribution in [3.63, 3.8) is 0 Å². The van der Waals surface area contributed by atoms with Gasteiger partial charge < -0.3 is 18.8 Å². The van der Waals surface area contributed by atoms with Crippen molar-refractivity contribution in [3.8, 4) is 5.75 Å². The molecule has 0 bridgehead atoms. The molecule has 0 aliphatic heterocycles. The van der Waals surface area contributed by atoms with Crippen molar-refractivity contribution in [3.05, 3.63) is 70.1 Å². The van der Waals surface area contributed by atoms with Crippen LogP contribution in [0.4, 0.5) is 0 Å². The Hall–Kier alpha value is -3.26. The Balaban J connectivity index is 1.78. The van der Waals surface area contributed by atoms with Crippen molar-refractivity contribution < 1.29 is 23.5 Å². The van der Waals surface area contributed by atoms with Crippen molar-refractivity contribution >= 4 is 34.6 Å². The first-order valence-corrected chi connectivity index (χ1v) is 10.1. The molecule has 7 nitrogen and oxygen atoms in total. The number of carbonyl (C=O) groups excluding carboxylic acids is 2. The third kappa shape index (κ3) is 5.01. The van der Waals surface area contributed by atoms with Gasteiger partial charge in [-0.2, -0.15) is 0 Å². The number of amides is 1. The quantitative estimate of drug-likeness (QED) is 0.325. The van der Waals surface area contributed by atoms with Gasteiger partial charge in [0.25, 0.3) is 0 Å². The third-order valence-corrected chi connectivity index (χ3v) is 5.41. The number of methoxy groups -OCH3 is 1. The summed E-state index contributed by atoms with van der Waals surface area (Å²) in [5.74, 6) is 0.174. The molecule has 0 N–H and O–H groups in total. The summed E-state index contributed by atoms with van der Waals surface area (Å²) in [5, 5.41) is 0.655. The van der Waals surface area contributed by atoms with E-state index >= 15 is 0 Å². The van der Waals surface area contributed by atoms with Gasteiger partial charge in [-0.15, -0.1) is 11.8 Å². The minimum Gasteiger partial charge on any atom is -0.497 e. The van der Waals surface area contributed by atoms with Crippen LogP contribution in [0.2, 0.25) is 0 Å². The number of hydrogen-bond acceptors (Lipinski definition) is 7. The van der Waals surface area contributed by atoms with E-state index in [-0.39, 0.29) is 18.3 Å². The summed E-state index contributed by atoms with van der Waals surface area (Å²) in [5.41, 5.74) is 0.708. The average molecular weight is 427 g/mol. The maximum atomic E-state index is 12.7. The van der Waals surface area contributed by atoms with E-state index in [0.717, 1.165) is 0 Å². The molecule has 0 saturated carbocycles. The van der Waals surface area contributed by atoms with Gasteiger partial charge in [-0.3, -0.25) is 4.79 Å². The van der Waals surface area contributed by atoms with Crippen LogP contribution in [0, 0.1) is 0 Å². The van der Waals surface area contributed by atoms with Crippen molar-refractivity contribution in [1.82, 2.24) is 4.90 Å². The number of ether oxygens (including phenoxy) is 2. The van der Waals surface area contributed by atoms with E-state index in [0.29, 0.717) is 32.7 Å². The molecule has 3 rings (SSSR count). The van der Waals surface area contributed by atoms with Crippen LogP contribution in [0.5, 0.6) is 5.75 Å².